The number of esters is 1. The highest BCUT2D eigenvalue weighted by Crippen LogP contribution is 2.45. The maximum absolute atomic E-state index is 11.9. The summed E-state index contributed by atoms with van der Waals surface area (Å²) in [6, 6.07) is 17.3. The van der Waals surface area contributed by atoms with Crippen LogP contribution in [0.15, 0.2) is 64.4 Å². The van der Waals surface area contributed by atoms with Crippen LogP contribution in [0, 0.1) is 5.92 Å². The van der Waals surface area contributed by atoms with Gasteiger partial charge in [0, 0.05) is 16.3 Å². The summed E-state index contributed by atoms with van der Waals surface area (Å²) < 4.78 is 5.18. The Morgan fingerprint density at radius 2 is 1.67 bits per heavy atom. The number of carbonyl (C=O) groups is 1. The minimum absolute atomic E-state index is 0.0253. The molecule has 0 unspecified atom stereocenters. The quantitative estimate of drug-likeness (QED) is 0.606. The summed E-state index contributed by atoms with van der Waals surface area (Å²) in [5.74, 6) is 0.0454. The fraction of sp³-hybridized carbons (Fsp3) is 0.348. The van der Waals surface area contributed by atoms with Gasteiger partial charge >= 0.3 is 5.97 Å². The first kappa shape index (κ1) is 18.3. The van der Waals surface area contributed by atoms with E-state index >= 15 is 0 Å². The minimum atomic E-state index is -0.0253. The van der Waals surface area contributed by atoms with Gasteiger partial charge < -0.3 is 4.74 Å². The Morgan fingerprint density at radius 1 is 1.07 bits per heavy atom. The number of benzene rings is 2. The first-order chi connectivity index (χ1) is 13.3. The Balaban J connectivity index is 1.50. The number of nitrogens with zero attached hydrogens (tertiary/aromatic N) is 1. The fourth-order valence-corrected chi connectivity index (χ4v) is 4.98. The van der Waals surface area contributed by atoms with Crippen LogP contribution in [0.1, 0.15) is 30.9 Å². The van der Waals surface area contributed by atoms with Gasteiger partial charge in [-0.3, -0.25) is 9.69 Å². The zero-order chi connectivity index (χ0) is 18.6. The lowest BCUT2D eigenvalue weighted by Gasteiger charge is -2.30. The van der Waals surface area contributed by atoms with Crippen molar-refractivity contribution in [2.45, 2.75) is 29.6 Å². The second-order valence-electron chi connectivity index (χ2n) is 7.04. The monoisotopic (exact) mass is 379 g/mol. The molecule has 0 spiro atoms. The van der Waals surface area contributed by atoms with Crippen molar-refractivity contribution < 1.29 is 9.53 Å². The fourth-order valence-electron chi connectivity index (χ4n) is 3.87. The SMILES string of the molecule is CCOC(=O)C1CCN(CC=C2c3ccccc3Sc3ccccc32)CC1. The molecular formula is C23H25NO2S. The summed E-state index contributed by atoms with van der Waals surface area (Å²) in [5.41, 5.74) is 3.97. The van der Waals surface area contributed by atoms with Crippen molar-refractivity contribution in [1.82, 2.24) is 4.90 Å². The van der Waals surface area contributed by atoms with Gasteiger partial charge in [0.05, 0.1) is 12.5 Å². The molecule has 2 aliphatic heterocycles. The summed E-state index contributed by atoms with van der Waals surface area (Å²) >= 11 is 1.85. The van der Waals surface area contributed by atoms with E-state index in [9.17, 15) is 4.79 Å². The number of carbonyl (C=O) groups excluding carboxylic acids is 1. The molecule has 4 rings (SSSR count). The minimum Gasteiger partial charge on any atom is -0.466 e. The molecule has 0 atom stereocenters. The number of piperidine rings is 1. The van der Waals surface area contributed by atoms with E-state index in [4.69, 9.17) is 4.74 Å². The molecule has 140 valence electrons. The summed E-state index contributed by atoms with van der Waals surface area (Å²) in [5, 5.41) is 0. The summed E-state index contributed by atoms with van der Waals surface area (Å²) in [4.78, 5) is 17.0. The van der Waals surface area contributed by atoms with E-state index in [1.807, 2.05) is 18.7 Å². The van der Waals surface area contributed by atoms with E-state index in [-0.39, 0.29) is 11.9 Å². The normalized spacial score (nSPS) is 17.1. The zero-order valence-electron chi connectivity index (χ0n) is 15.7. The Labute approximate surface area is 165 Å². The van der Waals surface area contributed by atoms with Gasteiger partial charge in [-0.25, -0.2) is 0 Å². The molecule has 2 aromatic rings. The number of hydrogen-bond acceptors (Lipinski definition) is 4. The molecule has 0 saturated carbocycles. The van der Waals surface area contributed by atoms with Crippen LogP contribution in [0.2, 0.25) is 0 Å². The third-order valence-electron chi connectivity index (χ3n) is 5.34. The van der Waals surface area contributed by atoms with Crippen LogP contribution in [0.4, 0.5) is 0 Å². The van der Waals surface area contributed by atoms with Crippen molar-refractivity contribution in [3.63, 3.8) is 0 Å². The molecule has 27 heavy (non-hydrogen) atoms. The Morgan fingerprint density at radius 3 is 2.26 bits per heavy atom. The lowest BCUT2D eigenvalue weighted by atomic mass is 9.95. The lowest BCUT2D eigenvalue weighted by Crippen LogP contribution is -2.37. The van der Waals surface area contributed by atoms with Gasteiger partial charge in [-0.2, -0.15) is 0 Å². The van der Waals surface area contributed by atoms with Gasteiger partial charge in [0.1, 0.15) is 0 Å². The third-order valence-corrected chi connectivity index (χ3v) is 6.49. The molecule has 0 aliphatic carbocycles. The third kappa shape index (κ3) is 3.97. The van der Waals surface area contributed by atoms with Crippen molar-refractivity contribution in [2.75, 3.05) is 26.2 Å². The standard InChI is InChI=1S/C23H25NO2S/c1-2-26-23(25)17-11-14-24(15-12-17)16-13-18-19-7-3-5-9-21(19)27-22-10-6-4-8-20(18)22/h3-10,13,17H,2,11-12,14-16H2,1H3. The van der Waals surface area contributed by atoms with E-state index in [0.717, 1.165) is 32.5 Å². The largest absolute Gasteiger partial charge is 0.466 e. The number of ether oxygens (including phenoxy) is 1. The van der Waals surface area contributed by atoms with Gasteiger partial charge in [0.25, 0.3) is 0 Å². The first-order valence-corrected chi connectivity index (χ1v) is 10.5. The van der Waals surface area contributed by atoms with E-state index in [1.54, 1.807) is 0 Å². The summed E-state index contributed by atoms with van der Waals surface area (Å²) in [6.07, 6.45) is 4.15. The molecule has 0 radical (unpaired) electrons. The molecule has 2 aliphatic rings. The van der Waals surface area contributed by atoms with Gasteiger partial charge in [-0.15, -0.1) is 0 Å². The van der Waals surface area contributed by atoms with Gasteiger partial charge in [-0.05, 0) is 61.7 Å². The first-order valence-electron chi connectivity index (χ1n) is 9.72. The van der Waals surface area contributed by atoms with Gasteiger partial charge in [-0.1, -0.05) is 54.2 Å². The van der Waals surface area contributed by atoms with Crippen LogP contribution >= 0.6 is 11.8 Å². The van der Waals surface area contributed by atoms with Gasteiger partial charge in [0.2, 0.25) is 0 Å². The van der Waals surface area contributed by atoms with Crippen molar-refractivity contribution in [1.29, 1.82) is 0 Å². The average molecular weight is 380 g/mol. The maximum atomic E-state index is 11.9. The van der Waals surface area contributed by atoms with Crippen LogP contribution in [0.5, 0.6) is 0 Å². The summed E-state index contributed by atoms with van der Waals surface area (Å²) in [6.45, 7) is 5.16. The topological polar surface area (TPSA) is 29.5 Å². The molecule has 0 bridgehead atoms. The predicted octanol–water partition coefficient (Wildman–Crippen LogP) is 4.86. The van der Waals surface area contributed by atoms with Crippen molar-refractivity contribution in [3.05, 3.63) is 65.7 Å². The van der Waals surface area contributed by atoms with E-state index in [1.165, 1.54) is 26.5 Å². The molecule has 4 heteroatoms. The van der Waals surface area contributed by atoms with Crippen LogP contribution in [0.25, 0.3) is 5.57 Å². The van der Waals surface area contributed by atoms with Crippen molar-refractivity contribution in [2.24, 2.45) is 5.92 Å². The van der Waals surface area contributed by atoms with Crippen LogP contribution in [-0.4, -0.2) is 37.1 Å². The highest BCUT2D eigenvalue weighted by Gasteiger charge is 2.26. The maximum Gasteiger partial charge on any atom is 0.309 e. The molecule has 1 saturated heterocycles. The zero-order valence-corrected chi connectivity index (χ0v) is 16.5. The molecular weight excluding hydrogens is 354 g/mol. The van der Waals surface area contributed by atoms with Crippen LogP contribution in [0.3, 0.4) is 0 Å². The number of fused-ring (bicyclic) bond motifs is 2. The molecule has 3 nitrogen and oxygen atoms in total. The Bertz CT molecular complexity index is 805. The summed E-state index contributed by atoms with van der Waals surface area (Å²) in [7, 11) is 0. The van der Waals surface area contributed by atoms with Crippen LogP contribution < -0.4 is 0 Å². The number of hydrogen-bond donors (Lipinski definition) is 0. The molecule has 0 N–H and O–H groups in total. The Kier molecular flexibility index (Phi) is 5.65. The van der Waals surface area contributed by atoms with E-state index < -0.39 is 0 Å². The van der Waals surface area contributed by atoms with Crippen molar-refractivity contribution >= 4 is 23.3 Å². The molecule has 2 heterocycles. The average Bonchev–Trinajstić information content (AvgIpc) is 2.71. The highest BCUT2D eigenvalue weighted by atomic mass is 32.2. The highest BCUT2D eigenvalue weighted by molar-refractivity contribution is 7.99. The molecule has 0 amide bonds. The molecule has 1 fully saturated rings. The number of rotatable bonds is 4. The second-order valence-corrected chi connectivity index (χ2v) is 8.12. The van der Waals surface area contributed by atoms with E-state index in [0.29, 0.717) is 6.61 Å². The Hall–Kier alpha value is -2.04. The molecule has 0 aromatic heterocycles. The lowest BCUT2D eigenvalue weighted by molar-refractivity contribution is -0.149. The molecule has 2 aromatic carbocycles. The number of likely N-dealkylation sites (tertiary alicyclic amines) is 1. The predicted molar refractivity (Wildman–Crippen MR) is 110 cm³/mol. The second kappa shape index (κ2) is 8.32. The van der Waals surface area contributed by atoms with Crippen molar-refractivity contribution in [3.8, 4) is 0 Å². The van der Waals surface area contributed by atoms with Crippen LogP contribution in [-0.2, 0) is 9.53 Å². The smallest absolute Gasteiger partial charge is 0.309 e. The van der Waals surface area contributed by atoms with E-state index in [2.05, 4.69) is 59.5 Å². The van der Waals surface area contributed by atoms with Gasteiger partial charge in [0.15, 0.2) is 0 Å².